The van der Waals surface area contributed by atoms with E-state index in [2.05, 4.69) is 4.98 Å². The van der Waals surface area contributed by atoms with Crippen LogP contribution in [0.25, 0.3) is 0 Å². The number of rotatable bonds is 4. The smallest absolute Gasteiger partial charge is 0.412 e. The molecule has 1 aliphatic heterocycles. The van der Waals surface area contributed by atoms with Crippen LogP contribution in [0, 0.1) is 0 Å². The van der Waals surface area contributed by atoms with E-state index in [4.69, 9.17) is 4.42 Å². The van der Waals surface area contributed by atoms with E-state index in [1.54, 1.807) is 4.90 Å². The minimum absolute atomic E-state index is 0.0208. The number of oxazole rings is 1. The van der Waals surface area contributed by atoms with Gasteiger partial charge in [0.25, 0.3) is 0 Å². The van der Waals surface area contributed by atoms with Gasteiger partial charge in [-0.1, -0.05) is 0 Å². The van der Waals surface area contributed by atoms with E-state index in [-0.39, 0.29) is 26.2 Å². The number of sulfonamides is 1. The Balaban J connectivity index is 1.89. The van der Waals surface area contributed by atoms with Crippen molar-refractivity contribution in [3.05, 3.63) is 22.5 Å². The van der Waals surface area contributed by atoms with Gasteiger partial charge in [-0.3, -0.25) is 9.88 Å². The Morgan fingerprint density at radius 2 is 1.86 bits per heavy atom. The second-order valence-corrected chi connectivity index (χ2v) is 6.66. The molecular formula is C10H14F3N3O4S. The Morgan fingerprint density at radius 3 is 2.33 bits per heavy atom. The molecule has 0 atom stereocenters. The van der Waals surface area contributed by atoms with Gasteiger partial charge in [0.2, 0.25) is 10.0 Å². The lowest BCUT2D eigenvalue weighted by molar-refractivity contribution is -0.107. The number of piperazine rings is 1. The Kier molecular flexibility index (Phi) is 4.44. The summed E-state index contributed by atoms with van der Waals surface area (Å²) in [5.41, 5.74) is 0. The van der Waals surface area contributed by atoms with Gasteiger partial charge in [0.15, 0.2) is 5.75 Å². The van der Waals surface area contributed by atoms with Gasteiger partial charge in [0, 0.05) is 32.4 Å². The van der Waals surface area contributed by atoms with Crippen molar-refractivity contribution in [2.75, 3.05) is 31.9 Å². The molecule has 2 rings (SSSR count). The van der Waals surface area contributed by atoms with E-state index in [9.17, 15) is 26.4 Å². The Bertz CT molecular complexity index is 628. The second-order valence-electron chi connectivity index (χ2n) is 4.69. The minimum atomic E-state index is -4.75. The zero-order valence-corrected chi connectivity index (χ0v) is 11.7. The number of hydrogen-bond donors (Lipinski definition) is 1. The number of aromatic nitrogens is 1. The lowest BCUT2D eigenvalue weighted by Crippen LogP contribution is -2.50. The quantitative estimate of drug-likeness (QED) is 0.839. The van der Waals surface area contributed by atoms with E-state index in [0.717, 1.165) is 4.31 Å². The van der Waals surface area contributed by atoms with Crippen molar-refractivity contribution in [2.24, 2.45) is 0 Å². The largest absolute Gasteiger partial charge is 0.416 e. The average molecular weight is 329 g/mol. The fourth-order valence-electron chi connectivity index (χ4n) is 2.08. The molecule has 2 heterocycles. The predicted octanol–water partition coefficient (Wildman–Crippen LogP) is -0.0224. The van der Waals surface area contributed by atoms with Crippen molar-refractivity contribution >= 4 is 10.0 Å². The molecule has 0 unspecified atom stereocenters. The van der Waals surface area contributed by atoms with Crippen LogP contribution in [-0.2, 0) is 16.6 Å². The molecule has 7 nitrogen and oxygen atoms in total. The van der Waals surface area contributed by atoms with Gasteiger partial charge in [-0.05, 0) is 0 Å². The maximum atomic E-state index is 12.2. The first kappa shape index (κ1) is 16.0. The fourth-order valence-corrected chi connectivity index (χ4v) is 3.40. The lowest BCUT2D eigenvalue weighted by Gasteiger charge is -2.33. The Hall–Kier alpha value is -1.33. The first-order chi connectivity index (χ1) is 9.66. The van der Waals surface area contributed by atoms with Gasteiger partial charge in [-0.25, -0.2) is 13.2 Å². The standard InChI is InChI=1S/C10H14F3N3O4S/c11-10(12,13)7-21(18,19)16-3-1-15(2-4-16)6-8-5-14-9(17)20-8/h5H,1-4,6-7H2,(H,14,17). The van der Waals surface area contributed by atoms with E-state index in [1.165, 1.54) is 6.20 Å². The normalized spacial score (nSPS) is 19.0. The summed E-state index contributed by atoms with van der Waals surface area (Å²) in [5.74, 6) is -2.03. The maximum Gasteiger partial charge on any atom is 0.416 e. The van der Waals surface area contributed by atoms with Crippen molar-refractivity contribution < 1.29 is 26.0 Å². The van der Waals surface area contributed by atoms with Gasteiger partial charge in [0.1, 0.15) is 5.76 Å². The van der Waals surface area contributed by atoms with Crippen molar-refractivity contribution in [3.8, 4) is 0 Å². The molecule has 0 spiro atoms. The molecule has 1 fully saturated rings. The SMILES string of the molecule is O=c1[nH]cc(CN2CCN(S(=O)(=O)CC(F)(F)F)CC2)o1. The number of H-pyrrole nitrogens is 1. The van der Waals surface area contributed by atoms with Crippen LogP contribution < -0.4 is 5.76 Å². The van der Waals surface area contributed by atoms with E-state index in [1.807, 2.05) is 0 Å². The molecule has 0 amide bonds. The highest BCUT2D eigenvalue weighted by Crippen LogP contribution is 2.20. The van der Waals surface area contributed by atoms with Gasteiger partial charge < -0.3 is 4.42 Å². The zero-order chi connectivity index (χ0) is 15.7. The van der Waals surface area contributed by atoms with Crippen molar-refractivity contribution in [2.45, 2.75) is 12.7 Å². The number of hydrogen-bond acceptors (Lipinski definition) is 5. The molecule has 1 aliphatic rings. The highest BCUT2D eigenvalue weighted by atomic mass is 32.2. The molecule has 11 heteroatoms. The molecule has 0 aromatic carbocycles. The number of halogens is 3. The minimum Gasteiger partial charge on any atom is -0.412 e. The number of nitrogens with zero attached hydrogens (tertiary/aromatic N) is 2. The molecule has 120 valence electrons. The third-order valence-electron chi connectivity index (χ3n) is 3.02. The summed E-state index contributed by atoms with van der Waals surface area (Å²) in [6, 6.07) is 0. The van der Waals surface area contributed by atoms with E-state index in [0.29, 0.717) is 12.3 Å². The monoisotopic (exact) mass is 329 g/mol. The van der Waals surface area contributed by atoms with Crippen LogP contribution in [0.15, 0.2) is 15.4 Å². The van der Waals surface area contributed by atoms with Gasteiger partial charge in [-0.15, -0.1) is 0 Å². The summed E-state index contributed by atoms with van der Waals surface area (Å²) in [5, 5.41) is 0. The van der Waals surface area contributed by atoms with Crippen LogP contribution in [0.4, 0.5) is 13.2 Å². The highest BCUT2D eigenvalue weighted by Gasteiger charge is 2.39. The summed E-state index contributed by atoms with van der Waals surface area (Å²) in [7, 11) is -4.33. The van der Waals surface area contributed by atoms with Crippen molar-refractivity contribution in [1.29, 1.82) is 0 Å². The molecule has 0 radical (unpaired) electrons. The number of nitrogens with one attached hydrogen (secondary N) is 1. The Labute approximate surface area is 118 Å². The molecule has 0 aliphatic carbocycles. The lowest BCUT2D eigenvalue weighted by atomic mass is 10.3. The first-order valence-corrected chi connectivity index (χ1v) is 7.71. The predicted molar refractivity (Wildman–Crippen MR) is 66.0 cm³/mol. The summed E-state index contributed by atoms with van der Waals surface area (Å²) in [6.07, 6.45) is -3.35. The van der Waals surface area contributed by atoms with Crippen LogP contribution >= 0.6 is 0 Å². The zero-order valence-electron chi connectivity index (χ0n) is 10.9. The number of alkyl halides is 3. The summed E-state index contributed by atoms with van der Waals surface area (Å²) >= 11 is 0. The maximum absolute atomic E-state index is 12.2. The summed E-state index contributed by atoms with van der Waals surface area (Å²) < 4.78 is 65.5. The van der Waals surface area contributed by atoms with Gasteiger partial charge in [0.05, 0.1) is 6.54 Å². The molecule has 1 N–H and O–H groups in total. The van der Waals surface area contributed by atoms with Gasteiger partial charge >= 0.3 is 11.9 Å². The third kappa shape index (κ3) is 4.58. The number of aromatic amines is 1. The van der Waals surface area contributed by atoms with Crippen LogP contribution in [0.3, 0.4) is 0 Å². The topological polar surface area (TPSA) is 86.6 Å². The molecule has 0 bridgehead atoms. The van der Waals surface area contributed by atoms with E-state index < -0.39 is 27.7 Å². The first-order valence-electron chi connectivity index (χ1n) is 6.10. The second kappa shape index (κ2) is 5.81. The summed E-state index contributed by atoms with van der Waals surface area (Å²) in [6.45, 7) is 0.796. The summed E-state index contributed by atoms with van der Waals surface area (Å²) in [4.78, 5) is 14.9. The molecular weight excluding hydrogens is 315 g/mol. The Morgan fingerprint density at radius 1 is 1.24 bits per heavy atom. The van der Waals surface area contributed by atoms with Crippen molar-refractivity contribution in [1.82, 2.24) is 14.2 Å². The fraction of sp³-hybridized carbons (Fsp3) is 0.700. The van der Waals surface area contributed by atoms with Crippen LogP contribution in [-0.4, -0.2) is 60.7 Å². The van der Waals surface area contributed by atoms with Crippen molar-refractivity contribution in [3.63, 3.8) is 0 Å². The van der Waals surface area contributed by atoms with E-state index >= 15 is 0 Å². The highest BCUT2D eigenvalue weighted by molar-refractivity contribution is 7.89. The van der Waals surface area contributed by atoms with Crippen LogP contribution in [0.1, 0.15) is 5.76 Å². The molecule has 0 saturated carbocycles. The van der Waals surface area contributed by atoms with Crippen LogP contribution in [0.5, 0.6) is 0 Å². The molecule has 1 saturated heterocycles. The molecule has 1 aromatic heterocycles. The molecule has 21 heavy (non-hydrogen) atoms. The van der Waals surface area contributed by atoms with Crippen LogP contribution in [0.2, 0.25) is 0 Å². The third-order valence-corrected chi connectivity index (χ3v) is 4.87. The average Bonchev–Trinajstić information content (AvgIpc) is 2.72. The molecule has 1 aromatic rings. The van der Waals surface area contributed by atoms with Gasteiger partial charge in [-0.2, -0.15) is 17.5 Å².